The van der Waals surface area contributed by atoms with Crippen LogP contribution < -0.4 is 14.9 Å². The maximum absolute atomic E-state index is 8.65. The number of nitrogens with zero attached hydrogens (tertiary/aromatic N) is 5. The third-order valence-corrected chi connectivity index (χ3v) is 13.7. The van der Waals surface area contributed by atoms with Crippen molar-refractivity contribution in [3.8, 4) is 22.8 Å². The number of rotatable bonds is 16. The molecule has 0 unspecified atom stereocenters. The van der Waals surface area contributed by atoms with Crippen molar-refractivity contribution < 1.29 is 29.0 Å². The number of ether oxygens (including phenoxy) is 4. The van der Waals surface area contributed by atoms with Gasteiger partial charge in [-0.1, -0.05) is 74.6 Å². The molecule has 0 amide bonds. The lowest BCUT2D eigenvalue weighted by atomic mass is 9.81. The van der Waals surface area contributed by atoms with E-state index < -0.39 is 23.3 Å². The number of pyridine rings is 1. The minimum absolute atomic E-state index is 0.108. The van der Waals surface area contributed by atoms with E-state index in [-0.39, 0.29) is 12.2 Å². The highest BCUT2D eigenvalue weighted by molar-refractivity contribution is 14.1. The molecule has 3 aromatic heterocycles. The second-order valence-electron chi connectivity index (χ2n) is 17.3. The number of hydrogen-bond acceptors (Lipinski definition) is 9. The van der Waals surface area contributed by atoms with Crippen molar-refractivity contribution in [3.05, 3.63) is 92.9 Å². The molecule has 3 heterocycles. The summed E-state index contributed by atoms with van der Waals surface area (Å²) in [7, 11) is -3.60. The quantitative estimate of drug-likeness (QED) is 0.0422. The molecule has 3 aromatic carbocycles. The molecule has 0 atom stereocenters. The standard InChI is InChI=1S/C21H28ClN3O2Si.C16H25IN2O2Si.C6H6BClO2/c1-15(2)27-17-6-7-19-18(13-17)21(16-8-9-23-20(22)12-16)25(24-19)14-26-10-11-28(3,4)5;1-12(2)21-13-6-7-15-14(10-13)16(17)19(18-15)11-20-8-9-22(3,4)5;8-6-3-1-2-5(4-6)7(9)10/h6-9,12-13,15H,10-11,14H2,1-5H3;6-7,10,12H,8-9,11H2,1-5H3;1-4,9-10H. The van der Waals surface area contributed by atoms with Crippen molar-refractivity contribution in [3.63, 3.8) is 0 Å². The van der Waals surface area contributed by atoms with Crippen molar-refractivity contribution in [2.75, 3.05) is 13.2 Å². The van der Waals surface area contributed by atoms with Crippen LogP contribution in [0.4, 0.5) is 0 Å². The largest absolute Gasteiger partial charge is 0.491 e. The Morgan fingerprint density at radius 3 is 1.73 bits per heavy atom. The van der Waals surface area contributed by atoms with E-state index in [1.807, 2.05) is 79.5 Å². The smallest absolute Gasteiger partial charge is 0.488 e. The Morgan fingerprint density at radius 1 is 0.700 bits per heavy atom. The minimum atomic E-state index is -1.43. The van der Waals surface area contributed by atoms with Gasteiger partial charge in [-0.15, -0.1) is 0 Å². The van der Waals surface area contributed by atoms with E-state index in [1.54, 1.807) is 24.4 Å². The van der Waals surface area contributed by atoms with Gasteiger partial charge in [-0.3, -0.25) is 0 Å². The first-order valence-electron chi connectivity index (χ1n) is 20.1. The Balaban J connectivity index is 0.000000220. The summed E-state index contributed by atoms with van der Waals surface area (Å²) in [5.74, 6) is 1.71. The van der Waals surface area contributed by atoms with E-state index in [9.17, 15) is 0 Å². The van der Waals surface area contributed by atoms with Crippen molar-refractivity contribution in [2.45, 2.75) is 105 Å². The normalized spacial score (nSPS) is 11.8. The van der Waals surface area contributed by atoms with E-state index in [0.717, 1.165) is 67.5 Å². The minimum Gasteiger partial charge on any atom is -0.491 e. The molecule has 0 saturated heterocycles. The molecule has 6 rings (SSSR count). The van der Waals surface area contributed by atoms with E-state index in [4.69, 9.17) is 57.3 Å². The predicted octanol–water partition coefficient (Wildman–Crippen LogP) is 10.6. The molecule has 11 nitrogen and oxygen atoms in total. The lowest BCUT2D eigenvalue weighted by Gasteiger charge is -2.16. The molecule has 0 fully saturated rings. The van der Waals surface area contributed by atoms with Crippen LogP contribution in [-0.4, -0.2) is 83.3 Å². The maximum atomic E-state index is 8.65. The van der Waals surface area contributed by atoms with Crippen molar-refractivity contribution in [1.29, 1.82) is 0 Å². The van der Waals surface area contributed by atoms with Gasteiger partial charge in [0.2, 0.25) is 0 Å². The molecule has 0 bridgehead atoms. The summed E-state index contributed by atoms with van der Waals surface area (Å²) in [5.41, 5.74) is 4.20. The highest BCUT2D eigenvalue weighted by atomic mass is 127. The van der Waals surface area contributed by atoms with E-state index in [1.165, 1.54) is 12.1 Å². The first kappa shape index (κ1) is 49.7. The summed E-state index contributed by atoms with van der Waals surface area (Å²) in [6.07, 6.45) is 1.99. The van der Waals surface area contributed by atoms with Gasteiger partial charge < -0.3 is 29.0 Å². The van der Waals surface area contributed by atoms with Gasteiger partial charge in [0.05, 0.1) is 28.9 Å². The Kier molecular flexibility index (Phi) is 19.0. The van der Waals surface area contributed by atoms with Crippen LogP contribution in [0.3, 0.4) is 0 Å². The SMILES string of the molecule is CC(C)Oc1ccc2nn(COCC[Si](C)(C)C)c(-c3ccnc(Cl)c3)c2c1.CC(C)Oc1ccc2nn(COCC[Si](C)(C)C)c(I)c2c1.OB(O)c1cccc(Cl)c1. The third-order valence-electron chi connectivity index (χ3n) is 8.67. The molecule has 6 aromatic rings. The zero-order valence-electron chi connectivity index (χ0n) is 36.4. The van der Waals surface area contributed by atoms with Crippen LogP contribution >= 0.6 is 45.8 Å². The van der Waals surface area contributed by atoms with Crippen LogP contribution in [0.1, 0.15) is 27.7 Å². The van der Waals surface area contributed by atoms with Crippen LogP contribution in [0.15, 0.2) is 79.0 Å². The van der Waals surface area contributed by atoms with Gasteiger partial charge in [0.1, 0.15) is 33.8 Å². The highest BCUT2D eigenvalue weighted by Crippen LogP contribution is 2.33. The Labute approximate surface area is 381 Å². The number of benzene rings is 3. The number of aromatic nitrogens is 5. The molecule has 17 heteroatoms. The van der Waals surface area contributed by atoms with Crippen molar-refractivity contribution in [1.82, 2.24) is 24.5 Å². The molecule has 0 aliphatic heterocycles. The molecule has 0 saturated carbocycles. The van der Waals surface area contributed by atoms with Crippen LogP contribution in [-0.2, 0) is 22.9 Å². The van der Waals surface area contributed by atoms with Gasteiger partial charge in [-0.05, 0) is 129 Å². The maximum Gasteiger partial charge on any atom is 0.488 e. The van der Waals surface area contributed by atoms with E-state index in [2.05, 4.69) is 78.0 Å². The molecule has 60 heavy (non-hydrogen) atoms. The summed E-state index contributed by atoms with van der Waals surface area (Å²) in [6.45, 7) is 24.7. The van der Waals surface area contributed by atoms with Crippen LogP contribution in [0.5, 0.6) is 11.5 Å². The van der Waals surface area contributed by atoms with Gasteiger partial charge in [0.25, 0.3) is 0 Å². The number of hydrogen-bond donors (Lipinski definition) is 2. The zero-order valence-corrected chi connectivity index (χ0v) is 42.0. The van der Waals surface area contributed by atoms with E-state index >= 15 is 0 Å². The molecule has 0 aliphatic carbocycles. The second kappa shape index (κ2) is 22.9. The average molecular weight is 1010 g/mol. The molecule has 0 radical (unpaired) electrons. The van der Waals surface area contributed by atoms with Gasteiger partial charge in [0.15, 0.2) is 0 Å². The van der Waals surface area contributed by atoms with Crippen molar-refractivity contribution >= 4 is 96.3 Å². The number of fused-ring (bicyclic) bond motifs is 2. The Bertz CT molecular complexity index is 2280. The fourth-order valence-corrected chi connectivity index (χ4v) is 8.21. The van der Waals surface area contributed by atoms with Gasteiger partial charge in [0, 0.05) is 56.9 Å². The van der Waals surface area contributed by atoms with Crippen LogP contribution in [0.25, 0.3) is 33.1 Å². The third kappa shape index (κ3) is 16.4. The monoisotopic (exact) mass is 1010 g/mol. The van der Waals surface area contributed by atoms with Gasteiger partial charge in [-0.2, -0.15) is 10.2 Å². The fraction of sp³-hybridized carbons (Fsp3) is 0.419. The summed E-state index contributed by atoms with van der Waals surface area (Å²) >= 11 is 14.0. The predicted molar refractivity (Wildman–Crippen MR) is 261 cm³/mol. The highest BCUT2D eigenvalue weighted by Gasteiger charge is 2.18. The Hall–Kier alpha value is -3.00. The first-order valence-corrected chi connectivity index (χ1v) is 29.3. The molecular weight excluding hydrogens is 947 g/mol. The topological polar surface area (TPSA) is 126 Å². The molecule has 324 valence electrons. The lowest BCUT2D eigenvalue weighted by molar-refractivity contribution is 0.0773. The molecule has 0 aliphatic rings. The van der Waals surface area contributed by atoms with Crippen molar-refractivity contribution in [2.24, 2.45) is 0 Å². The number of halogens is 3. The first-order chi connectivity index (χ1) is 28.2. The summed E-state index contributed by atoms with van der Waals surface area (Å²) in [6, 6.07) is 24.5. The van der Waals surface area contributed by atoms with Gasteiger partial charge >= 0.3 is 7.12 Å². The molecular formula is C43H59BCl2IN5O6Si2. The molecule has 2 N–H and O–H groups in total. The molecule has 0 spiro atoms. The van der Waals surface area contributed by atoms with Gasteiger partial charge in [-0.25, -0.2) is 14.3 Å². The van der Waals surface area contributed by atoms with Crippen LogP contribution in [0.2, 0.25) is 61.5 Å². The van der Waals surface area contributed by atoms with Crippen LogP contribution in [0, 0.1) is 3.70 Å². The summed E-state index contributed by atoms with van der Waals surface area (Å²) in [4.78, 5) is 4.10. The Morgan fingerprint density at radius 2 is 1.23 bits per heavy atom. The fourth-order valence-electron chi connectivity index (χ4n) is 5.64. The van der Waals surface area contributed by atoms with E-state index in [0.29, 0.717) is 29.1 Å². The summed E-state index contributed by atoms with van der Waals surface area (Å²) in [5, 5.41) is 29.7. The lowest BCUT2D eigenvalue weighted by Crippen LogP contribution is -2.29. The summed E-state index contributed by atoms with van der Waals surface area (Å²) < 4.78 is 28.3. The second-order valence-corrected chi connectivity index (χ2v) is 30.4. The average Bonchev–Trinajstić information content (AvgIpc) is 3.67. The zero-order chi connectivity index (χ0) is 44.2.